The van der Waals surface area contributed by atoms with Crippen LogP contribution in [0.4, 0.5) is 17.6 Å². The van der Waals surface area contributed by atoms with E-state index in [0.29, 0.717) is 0 Å². The summed E-state index contributed by atoms with van der Waals surface area (Å²) in [5.41, 5.74) is 0.892. The van der Waals surface area contributed by atoms with E-state index in [9.17, 15) is 26.4 Å². The number of nitrogen functional groups attached to an aromatic ring is 1. The minimum absolute atomic E-state index is 0.0938. The Kier molecular flexibility index (Phi) is 6.79. The van der Waals surface area contributed by atoms with Crippen LogP contribution in [0.25, 0.3) is 11.1 Å². The van der Waals surface area contributed by atoms with Crippen LogP contribution in [-0.2, 0) is 25.2 Å². The van der Waals surface area contributed by atoms with E-state index in [2.05, 4.69) is 20.7 Å². The van der Waals surface area contributed by atoms with Crippen molar-refractivity contribution in [2.24, 2.45) is 22.0 Å². The zero-order chi connectivity index (χ0) is 31.4. The van der Waals surface area contributed by atoms with E-state index >= 15 is 4.39 Å². The number of carbonyl (C=O) groups is 1. The molecule has 4 aromatic rings. The van der Waals surface area contributed by atoms with Crippen molar-refractivity contribution in [2.45, 2.75) is 23.1 Å². The standard InChI is InChI=1S/C26H20F4N8O4S/c1-24(23(33)39)21(15-5-4-6-16(11-15)22(31)32)35-42-25(24,38-13-34-36-37-38)18-10-9-14(12-19(18)27)17-7-2-3-8-20(17)43(40,41)26(28,29)30/h2-13H,1H3,(H3,31,32)(H2,33,39). The molecule has 0 aliphatic carbocycles. The van der Waals surface area contributed by atoms with Crippen LogP contribution in [0.1, 0.15) is 23.6 Å². The Labute approximate surface area is 240 Å². The third-order valence-corrected chi connectivity index (χ3v) is 8.70. The van der Waals surface area contributed by atoms with E-state index in [0.717, 1.165) is 47.4 Å². The fourth-order valence-corrected chi connectivity index (χ4v) is 5.94. The molecule has 1 aromatic heterocycles. The highest BCUT2D eigenvalue weighted by Gasteiger charge is 2.67. The number of sulfone groups is 1. The number of hydrogen-bond donors (Lipinski definition) is 3. The van der Waals surface area contributed by atoms with Crippen LogP contribution in [0.3, 0.4) is 0 Å². The predicted molar refractivity (Wildman–Crippen MR) is 142 cm³/mol. The number of amidine groups is 1. The number of rotatable bonds is 7. The van der Waals surface area contributed by atoms with E-state index in [4.69, 9.17) is 21.7 Å². The molecule has 0 saturated heterocycles. The molecule has 2 atom stereocenters. The minimum Gasteiger partial charge on any atom is -0.384 e. The molecule has 3 aromatic carbocycles. The summed E-state index contributed by atoms with van der Waals surface area (Å²) in [7, 11) is -5.80. The van der Waals surface area contributed by atoms with Gasteiger partial charge in [-0.1, -0.05) is 47.6 Å². The van der Waals surface area contributed by atoms with E-state index in [-0.39, 0.29) is 28.2 Å². The number of amides is 1. The average molecular weight is 617 g/mol. The van der Waals surface area contributed by atoms with Gasteiger partial charge in [-0.05, 0) is 47.2 Å². The van der Waals surface area contributed by atoms with Gasteiger partial charge in [0.2, 0.25) is 5.91 Å². The number of primary amides is 1. The second-order valence-electron chi connectivity index (χ2n) is 9.55. The molecule has 2 heterocycles. The lowest BCUT2D eigenvalue weighted by molar-refractivity contribution is -0.150. The van der Waals surface area contributed by atoms with Crippen molar-refractivity contribution in [3.8, 4) is 11.1 Å². The Morgan fingerprint density at radius 1 is 1.02 bits per heavy atom. The number of tetrazole rings is 1. The number of nitrogens with zero attached hydrogens (tertiary/aromatic N) is 5. The fraction of sp³-hybridized carbons (Fsp3) is 0.154. The lowest BCUT2D eigenvalue weighted by atomic mass is 9.69. The third kappa shape index (κ3) is 4.30. The number of halogens is 4. The molecule has 0 bridgehead atoms. The van der Waals surface area contributed by atoms with Gasteiger partial charge in [-0.2, -0.15) is 17.9 Å². The molecular formula is C26H20F4N8O4S. The summed E-state index contributed by atoms with van der Waals surface area (Å²) in [6.07, 6.45) is 1.02. The molecule has 43 heavy (non-hydrogen) atoms. The molecule has 1 amide bonds. The van der Waals surface area contributed by atoms with Crippen LogP contribution in [0, 0.1) is 16.6 Å². The van der Waals surface area contributed by atoms with Crippen LogP contribution in [0.5, 0.6) is 0 Å². The number of hydrogen-bond acceptors (Lipinski definition) is 9. The number of benzene rings is 3. The highest BCUT2D eigenvalue weighted by Crippen LogP contribution is 2.51. The van der Waals surface area contributed by atoms with Crippen molar-refractivity contribution < 1.29 is 35.6 Å². The fourth-order valence-electron chi connectivity index (χ4n) is 4.95. The predicted octanol–water partition coefficient (Wildman–Crippen LogP) is 2.68. The first-order chi connectivity index (χ1) is 20.2. The van der Waals surface area contributed by atoms with E-state index in [1.165, 1.54) is 37.3 Å². The number of nitrogens with two attached hydrogens (primary N) is 2. The number of alkyl halides is 3. The Morgan fingerprint density at radius 3 is 2.35 bits per heavy atom. The molecule has 1 aliphatic rings. The van der Waals surface area contributed by atoms with Crippen molar-refractivity contribution in [3.05, 3.63) is 95.6 Å². The van der Waals surface area contributed by atoms with Gasteiger partial charge in [0.1, 0.15) is 23.7 Å². The van der Waals surface area contributed by atoms with E-state index < -0.39 is 54.2 Å². The molecule has 12 nitrogen and oxygen atoms in total. The zero-order valence-electron chi connectivity index (χ0n) is 21.9. The summed E-state index contributed by atoms with van der Waals surface area (Å²) in [4.78, 5) is 18.0. The van der Waals surface area contributed by atoms with Gasteiger partial charge in [-0.15, -0.1) is 5.10 Å². The maximum absolute atomic E-state index is 16.2. The van der Waals surface area contributed by atoms with Gasteiger partial charge in [0.15, 0.2) is 5.41 Å². The lowest BCUT2D eigenvalue weighted by Crippen LogP contribution is -2.58. The summed E-state index contributed by atoms with van der Waals surface area (Å²) in [5, 5.41) is 22.8. The van der Waals surface area contributed by atoms with Crippen LogP contribution >= 0.6 is 0 Å². The molecule has 17 heteroatoms. The quantitative estimate of drug-likeness (QED) is 0.160. The van der Waals surface area contributed by atoms with Crippen LogP contribution < -0.4 is 11.5 Å². The van der Waals surface area contributed by atoms with Crippen molar-refractivity contribution in [1.82, 2.24) is 20.2 Å². The molecule has 0 radical (unpaired) electrons. The zero-order valence-corrected chi connectivity index (χ0v) is 22.7. The van der Waals surface area contributed by atoms with Crippen LogP contribution in [0.2, 0.25) is 0 Å². The van der Waals surface area contributed by atoms with Crippen molar-refractivity contribution in [2.75, 3.05) is 0 Å². The minimum atomic E-state index is -5.80. The van der Waals surface area contributed by atoms with Crippen LogP contribution in [-0.4, -0.2) is 51.6 Å². The molecule has 2 unspecified atom stereocenters. The lowest BCUT2D eigenvalue weighted by Gasteiger charge is -2.38. The molecular weight excluding hydrogens is 596 g/mol. The molecule has 0 saturated carbocycles. The Morgan fingerprint density at radius 2 is 1.74 bits per heavy atom. The first-order valence-electron chi connectivity index (χ1n) is 12.1. The average Bonchev–Trinajstić information content (AvgIpc) is 3.60. The second kappa shape index (κ2) is 9.97. The summed E-state index contributed by atoms with van der Waals surface area (Å²) in [6.45, 7) is 1.31. The second-order valence-corrected chi connectivity index (χ2v) is 11.5. The van der Waals surface area contributed by atoms with Crippen molar-refractivity contribution >= 4 is 27.3 Å². The number of oxime groups is 1. The smallest absolute Gasteiger partial charge is 0.384 e. The third-order valence-electron chi connectivity index (χ3n) is 7.16. The van der Waals surface area contributed by atoms with Crippen molar-refractivity contribution in [1.29, 1.82) is 5.41 Å². The Bertz CT molecular complexity index is 1910. The maximum Gasteiger partial charge on any atom is 0.501 e. The van der Waals surface area contributed by atoms with Gasteiger partial charge in [-0.3, -0.25) is 10.2 Å². The number of carbonyl (C=O) groups excluding carboxylic acids is 1. The Hall–Kier alpha value is -5.19. The SMILES string of the molecule is CC1(C(N)=O)C(c2cccc(C(=N)N)c2)=NOC1(c1ccc(-c2ccccc2S(=O)(=O)C(F)(F)F)cc1F)n1cnnn1. The monoisotopic (exact) mass is 616 g/mol. The molecule has 5 rings (SSSR count). The van der Waals surface area contributed by atoms with Gasteiger partial charge in [0.25, 0.3) is 15.6 Å². The number of nitrogens with one attached hydrogen (secondary N) is 1. The largest absolute Gasteiger partial charge is 0.501 e. The summed E-state index contributed by atoms with van der Waals surface area (Å²) >= 11 is 0. The first kappa shape index (κ1) is 29.3. The Balaban J connectivity index is 1.72. The van der Waals surface area contributed by atoms with Gasteiger partial charge >= 0.3 is 5.51 Å². The summed E-state index contributed by atoms with van der Waals surface area (Å²) < 4.78 is 81.8. The maximum atomic E-state index is 16.2. The topological polar surface area (TPSA) is 192 Å². The molecule has 0 fully saturated rings. The van der Waals surface area contributed by atoms with E-state index in [1.54, 1.807) is 0 Å². The van der Waals surface area contributed by atoms with Crippen molar-refractivity contribution in [3.63, 3.8) is 0 Å². The molecule has 1 aliphatic heterocycles. The highest BCUT2D eigenvalue weighted by atomic mass is 32.2. The number of aromatic nitrogens is 4. The van der Waals surface area contributed by atoms with Gasteiger partial charge in [-0.25, -0.2) is 12.8 Å². The van der Waals surface area contributed by atoms with Gasteiger partial charge in [0, 0.05) is 16.7 Å². The normalized spacial score (nSPS) is 20.3. The van der Waals surface area contributed by atoms with Gasteiger partial charge < -0.3 is 16.3 Å². The van der Waals surface area contributed by atoms with Crippen LogP contribution in [0.15, 0.2) is 83.1 Å². The summed E-state index contributed by atoms with van der Waals surface area (Å²) in [6, 6.07) is 13.3. The molecule has 5 N–H and O–H groups in total. The van der Waals surface area contributed by atoms with E-state index in [1.807, 2.05) is 0 Å². The summed E-state index contributed by atoms with van der Waals surface area (Å²) in [5.74, 6) is -2.49. The first-order valence-corrected chi connectivity index (χ1v) is 13.6. The molecule has 222 valence electrons. The molecule has 0 spiro atoms. The highest BCUT2D eigenvalue weighted by molar-refractivity contribution is 7.92. The van der Waals surface area contributed by atoms with Gasteiger partial charge in [0.05, 0.1) is 10.5 Å².